The Kier molecular flexibility index (Phi) is 8.10. The summed E-state index contributed by atoms with van der Waals surface area (Å²) in [5, 5.41) is 33.1. The molecule has 3 rings (SSSR count). The number of amides is 1. The summed E-state index contributed by atoms with van der Waals surface area (Å²) in [7, 11) is 1.42. The van der Waals surface area contributed by atoms with Crippen molar-refractivity contribution >= 4 is 16.9 Å². The molecule has 3 N–H and O–H groups in total. The maximum Gasteiger partial charge on any atom is 1.00 e. The van der Waals surface area contributed by atoms with Crippen molar-refractivity contribution in [1.29, 1.82) is 0 Å². The number of halogens is 1. The van der Waals surface area contributed by atoms with Gasteiger partial charge in [0.2, 0.25) is 0 Å². The van der Waals surface area contributed by atoms with Crippen LogP contribution in [0.5, 0.6) is 5.75 Å². The molecule has 0 saturated carbocycles. The van der Waals surface area contributed by atoms with E-state index in [0.717, 1.165) is 10.1 Å². The molecule has 0 aliphatic carbocycles. The molecule has 0 radical (unpaired) electrons. The molecule has 0 spiro atoms. The number of aryl methyl sites for hydroxylation is 1. The Labute approximate surface area is 193 Å². The van der Waals surface area contributed by atoms with E-state index in [4.69, 9.17) is 5.11 Å². The smallest absolute Gasteiger partial charge is 0.870 e. The number of pyridine rings is 2. The number of carbonyl (C=O) groups is 1. The van der Waals surface area contributed by atoms with Crippen LogP contribution in [-0.2, 0) is 13.5 Å². The van der Waals surface area contributed by atoms with Crippen LogP contribution in [0, 0.1) is 5.82 Å². The van der Waals surface area contributed by atoms with Crippen LogP contribution in [0.25, 0.3) is 11.0 Å². The van der Waals surface area contributed by atoms with E-state index in [2.05, 4.69) is 10.3 Å². The second-order valence-corrected chi connectivity index (χ2v) is 6.63. The van der Waals surface area contributed by atoms with Crippen molar-refractivity contribution in [3.05, 3.63) is 69.4 Å². The summed E-state index contributed by atoms with van der Waals surface area (Å²) in [6.07, 6.45) is 0.687. The van der Waals surface area contributed by atoms with Crippen LogP contribution in [0.4, 0.5) is 4.39 Å². The maximum atomic E-state index is 13.1. The van der Waals surface area contributed by atoms with Gasteiger partial charge in [-0.3, -0.25) is 14.6 Å². The van der Waals surface area contributed by atoms with Crippen LogP contribution in [0.3, 0.4) is 0 Å². The molecule has 10 heteroatoms. The first-order valence-corrected chi connectivity index (χ1v) is 8.82. The third-order valence-corrected chi connectivity index (χ3v) is 4.50. The minimum absolute atomic E-state index is 0. The zero-order valence-corrected chi connectivity index (χ0v) is 18.6. The van der Waals surface area contributed by atoms with E-state index in [1.165, 1.54) is 25.4 Å². The van der Waals surface area contributed by atoms with Crippen LogP contribution in [0.2, 0.25) is 0 Å². The van der Waals surface area contributed by atoms with Gasteiger partial charge in [0.15, 0.2) is 0 Å². The third kappa shape index (κ3) is 5.05. The summed E-state index contributed by atoms with van der Waals surface area (Å²) in [6.45, 7) is -0.876. The topological polar surface area (TPSA) is 128 Å². The predicted octanol–water partition coefficient (Wildman–Crippen LogP) is -3.18. The number of nitrogens with one attached hydrogen (secondary N) is 1. The fourth-order valence-corrected chi connectivity index (χ4v) is 2.92. The van der Waals surface area contributed by atoms with Gasteiger partial charge >= 0.3 is 29.6 Å². The van der Waals surface area contributed by atoms with Crippen molar-refractivity contribution in [3.63, 3.8) is 0 Å². The SMILES string of the molecule is Cn1c(=O)c(C(=O)NC[C@@H](O)CO)c([O-])c2ncc(Cc3ccc(F)cc3)cc21.[Na+]. The Hall–Kier alpha value is -2.30. The molecule has 0 fully saturated rings. The largest absolute Gasteiger partial charge is 1.00 e. The predicted molar refractivity (Wildman–Crippen MR) is 101 cm³/mol. The van der Waals surface area contributed by atoms with Gasteiger partial charge in [-0.05, 0) is 35.7 Å². The summed E-state index contributed by atoms with van der Waals surface area (Å²) in [4.78, 5) is 29.0. The summed E-state index contributed by atoms with van der Waals surface area (Å²) >= 11 is 0. The van der Waals surface area contributed by atoms with Crippen LogP contribution in [0.1, 0.15) is 21.5 Å². The van der Waals surface area contributed by atoms with Crippen molar-refractivity contribution in [3.8, 4) is 5.75 Å². The Morgan fingerprint density at radius 2 is 1.97 bits per heavy atom. The number of aliphatic hydroxyl groups excluding tert-OH is 2. The van der Waals surface area contributed by atoms with Crippen molar-refractivity contribution in [1.82, 2.24) is 14.9 Å². The standard InChI is InChI=1S/C20H20FN3O5.Na/c1-24-15-7-12(6-11-2-4-13(21)5-3-11)8-22-17(15)18(27)16(20(24)29)19(28)23-9-14(26)10-25;/h2-5,7-8,14,25-27H,6,9-10H2,1H3,(H,23,28);/q;+1/p-1/t14-;/m1./s1. The molecule has 2 aromatic heterocycles. The fourth-order valence-electron chi connectivity index (χ4n) is 2.92. The van der Waals surface area contributed by atoms with Crippen LogP contribution in [-0.4, -0.2) is 44.9 Å². The van der Waals surface area contributed by atoms with Gasteiger partial charge in [-0.1, -0.05) is 17.9 Å². The van der Waals surface area contributed by atoms with E-state index >= 15 is 0 Å². The van der Waals surface area contributed by atoms with Crippen LogP contribution >= 0.6 is 0 Å². The molecule has 1 amide bonds. The number of benzene rings is 1. The van der Waals surface area contributed by atoms with Gasteiger partial charge in [-0.15, -0.1) is 0 Å². The van der Waals surface area contributed by atoms with Gasteiger partial charge in [0.1, 0.15) is 5.82 Å². The van der Waals surface area contributed by atoms with E-state index in [-0.39, 0.29) is 53.0 Å². The fraction of sp³-hybridized carbons (Fsp3) is 0.250. The van der Waals surface area contributed by atoms with Crippen LogP contribution < -0.4 is 45.5 Å². The molecule has 0 bridgehead atoms. The van der Waals surface area contributed by atoms with E-state index in [1.807, 2.05) is 0 Å². The van der Waals surface area contributed by atoms with Crippen molar-refractivity contribution < 1.29 is 54.1 Å². The number of hydrogen-bond acceptors (Lipinski definition) is 6. The van der Waals surface area contributed by atoms with Gasteiger partial charge in [-0.2, -0.15) is 0 Å². The average Bonchev–Trinajstić information content (AvgIpc) is 2.72. The monoisotopic (exact) mass is 423 g/mol. The summed E-state index contributed by atoms with van der Waals surface area (Å²) in [5.74, 6) is -2.10. The molecule has 3 aromatic rings. The minimum Gasteiger partial charge on any atom is -0.870 e. The molecule has 0 saturated heterocycles. The molecule has 1 atom stereocenters. The van der Waals surface area contributed by atoms with Gasteiger partial charge in [0.05, 0.1) is 29.3 Å². The summed E-state index contributed by atoms with van der Waals surface area (Å²) < 4.78 is 14.2. The molecule has 1 aromatic carbocycles. The van der Waals surface area contributed by atoms with Crippen molar-refractivity contribution in [2.24, 2.45) is 7.05 Å². The normalized spacial score (nSPS) is 11.7. The number of fused-ring (bicyclic) bond motifs is 1. The molecule has 0 aliphatic heterocycles. The van der Waals surface area contributed by atoms with Crippen molar-refractivity contribution in [2.75, 3.05) is 13.2 Å². The number of rotatable bonds is 6. The molecule has 2 heterocycles. The first kappa shape index (κ1) is 24.0. The Balaban J connectivity index is 0.00000320. The Morgan fingerprint density at radius 1 is 1.30 bits per heavy atom. The van der Waals surface area contributed by atoms with E-state index in [0.29, 0.717) is 12.0 Å². The molecule has 30 heavy (non-hydrogen) atoms. The number of hydrogen-bond donors (Lipinski definition) is 3. The number of aromatic nitrogens is 2. The average molecular weight is 423 g/mol. The molecule has 8 nitrogen and oxygen atoms in total. The van der Waals surface area contributed by atoms with E-state index in [9.17, 15) is 24.2 Å². The quantitative estimate of drug-likeness (QED) is 0.359. The Morgan fingerprint density at radius 3 is 2.60 bits per heavy atom. The second-order valence-electron chi connectivity index (χ2n) is 6.63. The maximum absolute atomic E-state index is 13.1. The minimum atomic E-state index is -1.20. The number of carbonyl (C=O) groups excluding carboxylic acids is 1. The van der Waals surface area contributed by atoms with Gasteiger partial charge < -0.3 is 25.2 Å². The molecule has 0 unspecified atom stereocenters. The van der Waals surface area contributed by atoms with Crippen molar-refractivity contribution in [2.45, 2.75) is 12.5 Å². The van der Waals surface area contributed by atoms with Gasteiger partial charge in [0, 0.05) is 19.8 Å². The number of nitrogens with zero attached hydrogens (tertiary/aromatic N) is 2. The molecule has 0 aliphatic rings. The molecular weight excluding hydrogens is 404 g/mol. The molecule has 152 valence electrons. The number of aliphatic hydroxyl groups is 2. The zero-order chi connectivity index (χ0) is 21.1. The summed E-state index contributed by atoms with van der Waals surface area (Å²) in [6, 6.07) is 7.57. The molecular formula is C20H19FN3NaO5. The van der Waals surface area contributed by atoms with Gasteiger partial charge in [0.25, 0.3) is 11.5 Å². The van der Waals surface area contributed by atoms with E-state index < -0.39 is 35.5 Å². The Bertz CT molecular complexity index is 1120. The zero-order valence-electron chi connectivity index (χ0n) is 16.6. The second kappa shape index (κ2) is 10.1. The van der Waals surface area contributed by atoms with E-state index in [1.54, 1.807) is 18.2 Å². The van der Waals surface area contributed by atoms with Gasteiger partial charge in [-0.25, -0.2) is 4.39 Å². The third-order valence-electron chi connectivity index (χ3n) is 4.50. The first-order chi connectivity index (χ1) is 13.8. The first-order valence-electron chi connectivity index (χ1n) is 8.82. The van der Waals surface area contributed by atoms with Crippen LogP contribution in [0.15, 0.2) is 41.3 Å². The summed E-state index contributed by atoms with van der Waals surface area (Å²) in [5.41, 5.74) is 0.373.